The molecule has 5 heteroatoms. The molecule has 0 bridgehead atoms. The van der Waals surface area contributed by atoms with Gasteiger partial charge in [0.25, 0.3) is 0 Å². The van der Waals surface area contributed by atoms with E-state index in [-0.39, 0.29) is 17.4 Å². The van der Waals surface area contributed by atoms with Crippen LogP contribution in [0.1, 0.15) is 63.0 Å². The van der Waals surface area contributed by atoms with Gasteiger partial charge in [0.05, 0.1) is 6.04 Å². The van der Waals surface area contributed by atoms with Gasteiger partial charge in [-0.15, -0.1) is 0 Å². The third kappa shape index (κ3) is 3.50. The van der Waals surface area contributed by atoms with Crippen molar-refractivity contribution < 1.29 is 9.32 Å². The average Bonchev–Trinajstić information content (AvgIpc) is 3.11. The largest absolute Gasteiger partial charge is 0.349 e. The Morgan fingerprint density at radius 1 is 1.33 bits per heavy atom. The Morgan fingerprint density at radius 3 is 2.79 bits per heavy atom. The third-order valence-corrected chi connectivity index (χ3v) is 4.52. The SMILES string of the molecule is CC1Cc2ccccc2C1NC(=O)CCc1nc(C(C)(C)C)no1. The van der Waals surface area contributed by atoms with E-state index in [1.165, 1.54) is 11.1 Å². The van der Waals surface area contributed by atoms with Gasteiger partial charge >= 0.3 is 0 Å². The number of nitrogens with one attached hydrogen (secondary N) is 1. The summed E-state index contributed by atoms with van der Waals surface area (Å²) in [5.41, 5.74) is 2.43. The van der Waals surface area contributed by atoms with E-state index in [0.29, 0.717) is 30.5 Å². The molecule has 0 saturated heterocycles. The van der Waals surface area contributed by atoms with Gasteiger partial charge in [-0.05, 0) is 23.5 Å². The van der Waals surface area contributed by atoms with Gasteiger partial charge in [0.1, 0.15) is 0 Å². The van der Waals surface area contributed by atoms with E-state index in [1.54, 1.807) is 0 Å². The number of hydrogen-bond acceptors (Lipinski definition) is 4. The van der Waals surface area contributed by atoms with Crippen LogP contribution in [0.3, 0.4) is 0 Å². The molecule has 1 N–H and O–H groups in total. The van der Waals surface area contributed by atoms with Crippen molar-refractivity contribution in [3.8, 4) is 0 Å². The van der Waals surface area contributed by atoms with Gasteiger partial charge in [0.15, 0.2) is 5.82 Å². The summed E-state index contributed by atoms with van der Waals surface area (Å²) in [5, 5.41) is 7.16. The Balaban J connectivity index is 1.58. The summed E-state index contributed by atoms with van der Waals surface area (Å²) in [6, 6.07) is 8.43. The molecule has 128 valence electrons. The fourth-order valence-corrected chi connectivity index (χ4v) is 3.14. The van der Waals surface area contributed by atoms with Crippen LogP contribution in [0.15, 0.2) is 28.8 Å². The van der Waals surface area contributed by atoms with Crippen LogP contribution in [0.2, 0.25) is 0 Å². The number of carbonyl (C=O) groups is 1. The first-order valence-corrected chi connectivity index (χ1v) is 8.55. The highest BCUT2D eigenvalue weighted by molar-refractivity contribution is 5.76. The Hall–Kier alpha value is -2.17. The molecule has 2 atom stereocenters. The maximum Gasteiger partial charge on any atom is 0.227 e. The van der Waals surface area contributed by atoms with Crippen LogP contribution in [-0.4, -0.2) is 16.0 Å². The minimum atomic E-state index is -0.146. The number of aryl methyl sites for hydroxylation is 1. The highest BCUT2D eigenvalue weighted by Crippen LogP contribution is 2.35. The predicted molar refractivity (Wildman–Crippen MR) is 91.5 cm³/mol. The van der Waals surface area contributed by atoms with Crippen molar-refractivity contribution in [2.45, 2.75) is 58.4 Å². The van der Waals surface area contributed by atoms with Crippen LogP contribution in [0, 0.1) is 5.92 Å². The van der Waals surface area contributed by atoms with E-state index in [9.17, 15) is 4.79 Å². The van der Waals surface area contributed by atoms with Crippen molar-refractivity contribution in [1.29, 1.82) is 0 Å². The normalized spacial score (nSPS) is 20.0. The maximum atomic E-state index is 12.3. The molecule has 2 aromatic rings. The lowest BCUT2D eigenvalue weighted by atomic mass is 9.96. The molecule has 24 heavy (non-hydrogen) atoms. The number of hydrogen-bond donors (Lipinski definition) is 1. The van der Waals surface area contributed by atoms with Crippen molar-refractivity contribution >= 4 is 5.91 Å². The molecule has 1 amide bonds. The van der Waals surface area contributed by atoms with Gasteiger partial charge in [0.2, 0.25) is 11.8 Å². The summed E-state index contributed by atoms with van der Waals surface area (Å²) in [5.74, 6) is 1.65. The first kappa shape index (κ1) is 16.7. The molecule has 1 aromatic carbocycles. The van der Waals surface area contributed by atoms with Gasteiger partial charge in [-0.2, -0.15) is 4.98 Å². The van der Waals surface area contributed by atoms with E-state index >= 15 is 0 Å². The zero-order valence-electron chi connectivity index (χ0n) is 14.8. The Morgan fingerprint density at radius 2 is 2.08 bits per heavy atom. The molecule has 0 saturated carbocycles. The molecule has 0 aliphatic heterocycles. The Labute approximate surface area is 142 Å². The zero-order valence-corrected chi connectivity index (χ0v) is 14.8. The molecule has 0 fully saturated rings. The highest BCUT2D eigenvalue weighted by atomic mass is 16.5. The van der Waals surface area contributed by atoms with Gasteiger partial charge in [-0.25, -0.2) is 0 Å². The molecule has 0 radical (unpaired) electrons. The molecular formula is C19H25N3O2. The molecule has 5 nitrogen and oxygen atoms in total. The zero-order chi connectivity index (χ0) is 17.3. The minimum Gasteiger partial charge on any atom is -0.349 e. The number of rotatable bonds is 4. The lowest BCUT2D eigenvalue weighted by Gasteiger charge is -2.18. The lowest BCUT2D eigenvalue weighted by Crippen LogP contribution is -2.30. The quantitative estimate of drug-likeness (QED) is 0.935. The van der Waals surface area contributed by atoms with E-state index in [0.717, 1.165) is 6.42 Å². The molecule has 1 heterocycles. The molecule has 3 rings (SSSR count). The maximum absolute atomic E-state index is 12.3. The highest BCUT2D eigenvalue weighted by Gasteiger charge is 2.30. The Bertz CT molecular complexity index is 730. The number of aromatic nitrogens is 2. The molecule has 1 aliphatic carbocycles. The van der Waals surface area contributed by atoms with Crippen LogP contribution in [-0.2, 0) is 23.1 Å². The van der Waals surface area contributed by atoms with Crippen molar-refractivity contribution in [1.82, 2.24) is 15.5 Å². The third-order valence-electron chi connectivity index (χ3n) is 4.52. The fourth-order valence-electron chi connectivity index (χ4n) is 3.14. The number of carbonyl (C=O) groups excluding carboxylic acids is 1. The van der Waals surface area contributed by atoms with Crippen molar-refractivity contribution in [2.24, 2.45) is 5.92 Å². The number of amides is 1. The summed E-state index contributed by atoms with van der Waals surface area (Å²) in [7, 11) is 0. The van der Waals surface area contributed by atoms with Crippen LogP contribution in [0.5, 0.6) is 0 Å². The smallest absolute Gasteiger partial charge is 0.227 e. The van der Waals surface area contributed by atoms with Crippen molar-refractivity contribution in [2.75, 3.05) is 0 Å². The van der Waals surface area contributed by atoms with Gasteiger partial charge in [0, 0.05) is 18.3 Å². The summed E-state index contributed by atoms with van der Waals surface area (Å²) in [6.07, 6.45) is 1.84. The first-order valence-electron chi connectivity index (χ1n) is 8.55. The van der Waals surface area contributed by atoms with E-state index in [1.807, 2.05) is 26.8 Å². The second kappa shape index (κ2) is 6.38. The average molecular weight is 327 g/mol. The lowest BCUT2D eigenvalue weighted by molar-refractivity contribution is -0.122. The Kier molecular flexibility index (Phi) is 4.43. The predicted octanol–water partition coefficient (Wildman–Crippen LogP) is 3.35. The van der Waals surface area contributed by atoms with Crippen LogP contribution >= 0.6 is 0 Å². The van der Waals surface area contributed by atoms with Gasteiger partial charge in [-0.3, -0.25) is 4.79 Å². The van der Waals surface area contributed by atoms with Gasteiger partial charge in [-0.1, -0.05) is 57.1 Å². The summed E-state index contributed by atoms with van der Waals surface area (Å²) in [6.45, 7) is 8.28. The second-order valence-electron chi connectivity index (χ2n) is 7.69. The topological polar surface area (TPSA) is 68.0 Å². The number of fused-ring (bicyclic) bond motifs is 1. The number of nitrogens with zero attached hydrogens (tertiary/aromatic N) is 2. The summed E-state index contributed by atoms with van der Waals surface area (Å²) >= 11 is 0. The standard InChI is InChI=1S/C19H25N3O2/c1-12-11-13-7-5-6-8-14(13)17(12)20-15(23)9-10-16-21-18(22-24-16)19(2,3)4/h5-8,12,17H,9-11H2,1-4H3,(H,20,23). The monoisotopic (exact) mass is 327 g/mol. The number of benzene rings is 1. The fraction of sp³-hybridized carbons (Fsp3) is 0.526. The van der Waals surface area contributed by atoms with Crippen molar-refractivity contribution in [3.05, 3.63) is 47.1 Å². The molecule has 0 spiro atoms. The molecular weight excluding hydrogens is 302 g/mol. The molecule has 2 unspecified atom stereocenters. The minimum absolute atomic E-state index is 0.0269. The van der Waals surface area contributed by atoms with Crippen LogP contribution < -0.4 is 5.32 Å². The molecule has 1 aliphatic rings. The second-order valence-corrected chi connectivity index (χ2v) is 7.69. The summed E-state index contributed by atoms with van der Waals surface area (Å²) in [4.78, 5) is 16.7. The first-order chi connectivity index (χ1) is 11.3. The van der Waals surface area contributed by atoms with Crippen molar-refractivity contribution in [3.63, 3.8) is 0 Å². The molecule has 1 aromatic heterocycles. The van der Waals surface area contributed by atoms with Crippen LogP contribution in [0.4, 0.5) is 0 Å². The van der Waals surface area contributed by atoms with E-state index in [2.05, 4.69) is 40.6 Å². The van der Waals surface area contributed by atoms with Gasteiger partial charge < -0.3 is 9.84 Å². The summed E-state index contributed by atoms with van der Waals surface area (Å²) < 4.78 is 5.25. The van der Waals surface area contributed by atoms with E-state index < -0.39 is 0 Å². The van der Waals surface area contributed by atoms with E-state index in [4.69, 9.17) is 4.52 Å². The van der Waals surface area contributed by atoms with Crippen LogP contribution in [0.25, 0.3) is 0 Å².